The molecule has 0 heterocycles. The molecule has 0 fully saturated rings. The first kappa shape index (κ1) is 9.85. The fraction of sp³-hybridized carbons (Fsp3) is 0. The van der Waals surface area contributed by atoms with Crippen LogP contribution in [0.2, 0.25) is 10.0 Å². The van der Waals surface area contributed by atoms with E-state index in [0.29, 0.717) is 0 Å². The van der Waals surface area contributed by atoms with Crippen molar-refractivity contribution in [3.8, 4) is 6.07 Å². The van der Waals surface area contributed by atoms with Gasteiger partial charge in [0.15, 0.2) is 0 Å². The lowest BCUT2D eigenvalue weighted by molar-refractivity contribution is 0.0697. The summed E-state index contributed by atoms with van der Waals surface area (Å²) in [5.74, 6) is -1.18. The quantitative estimate of drug-likeness (QED) is 0.784. The SMILES string of the molecule is N#Cc1cc(C(=O)O)c(Cl)cc1Cl. The highest BCUT2D eigenvalue weighted by Gasteiger charge is 2.12. The number of nitriles is 1. The molecule has 0 aliphatic rings. The van der Waals surface area contributed by atoms with E-state index >= 15 is 0 Å². The molecule has 0 saturated heterocycles. The zero-order valence-corrected chi connectivity index (χ0v) is 7.73. The topological polar surface area (TPSA) is 61.1 Å². The number of halogens is 2. The average molecular weight is 216 g/mol. The minimum absolute atomic E-state index is 0.0245. The van der Waals surface area contributed by atoms with Crippen molar-refractivity contribution in [3.63, 3.8) is 0 Å². The second-order valence-electron chi connectivity index (χ2n) is 2.23. The molecular weight excluding hydrogens is 213 g/mol. The Morgan fingerprint density at radius 3 is 2.46 bits per heavy atom. The van der Waals surface area contributed by atoms with Gasteiger partial charge in [0, 0.05) is 0 Å². The van der Waals surface area contributed by atoms with E-state index in [4.69, 9.17) is 33.6 Å². The lowest BCUT2D eigenvalue weighted by Gasteiger charge is -2.00. The second kappa shape index (κ2) is 3.65. The number of aromatic carboxylic acids is 1. The Morgan fingerprint density at radius 2 is 2.00 bits per heavy atom. The predicted octanol–water partition coefficient (Wildman–Crippen LogP) is 2.56. The molecule has 0 unspecified atom stereocenters. The first-order valence-electron chi connectivity index (χ1n) is 3.18. The predicted molar refractivity (Wildman–Crippen MR) is 48.1 cm³/mol. The van der Waals surface area contributed by atoms with Gasteiger partial charge < -0.3 is 5.11 Å². The molecule has 1 aromatic rings. The zero-order valence-electron chi connectivity index (χ0n) is 6.21. The molecule has 3 nitrogen and oxygen atoms in total. The molecule has 0 saturated carbocycles. The molecule has 0 amide bonds. The monoisotopic (exact) mass is 215 g/mol. The van der Waals surface area contributed by atoms with Gasteiger partial charge in [-0.3, -0.25) is 0 Å². The van der Waals surface area contributed by atoms with Gasteiger partial charge in [-0.15, -0.1) is 0 Å². The lowest BCUT2D eigenvalue weighted by atomic mass is 10.1. The van der Waals surface area contributed by atoms with Crippen molar-refractivity contribution < 1.29 is 9.90 Å². The van der Waals surface area contributed by atoms with Gasteiger partial charge in [0.1, 0.15) is 6.07 Å². The summed E-state index contributed by atoms with van der Waals surface area (Å²) in [5.41, 5.74) is -0.0221. The summed E-state index contributed by atoms with van der Waals surface area (Å²) in [6.45, 7) is 0. The Bertz CT molecular complexity index is 409. The van der Waals surface area contributed by atoms with Crippen LogP contribution in [0.3, 0.4) is 0 Å². The van der Waals surface area contributed by atoms with E-state index in [0.717, 1.165) is 6.07 Å². The van der Waals surface area contributed by atoms with Gasteiger partial charge >= 0.3 is 5.97 Å². The van der Waals surface area contributed by atoms with E-state index < -0.39 is 5.97 Å². The molecular formula is C8H3Cl2NO2. The van der Waals surface area contributed by atoms with Crippen molar-refractivity contribution in [2.24, 2.45) is 0 Å². The smallest absolute Gasteiger partial charge is 0.337 e. The van der Waals surface area contributed by atoms with Crippen LogP contribution < -0.4 is 0 Å². The number of carboxylic acid groups (broad SMARTS) is 1. The number of hydrogen-bond acceptors (Lipinski definition) is 2. The average Bonchev–Trinajstić information content (AvgIpc) is 2.03. The van der Waals surface area contributed by atoms with E-state index in [1.54, 1.807) is 6.07 Å². The highest BCUT2D eigenvalue weighted by molar-refractivity contribution is 6.37. The van der Waals surface area contributed by atoms with Gasteiger partial charge in [0.25, 0.3) is 0 Å². The fourth-order valence-electron chi connectivity index (χ4n) is 0.799. The third kappa shape index (κ3) is 1.92. The number of nitrogens with zero attached hydrogens (tertiary/aromatic N) is 1. The van der Waals surface area contributed by atoms with Crippen LogP contribution in [0.4, 0.5) is 0 Å². The molecule has 1 aromatic carbocycles. The van der Waals surface area contributed by atoms with Crippen LogP contribution in [-0.4, -0.2) is 11.1 Å². The molecule has 0 aromatic heterocycles. The van der Waals surface area contributed by atoms with Gasteiger partial charge in [-0.25, -0.2) is 4.79 Å². The Balaban J connectivity index is 3.41. The maximum Gasteiger partial charge on any atom is 0.337 e. The van der Waals surface area contributed by atoms with Crippen LogP contribution in [0.15, 0.2) is 12.1 Å². The maximum atomic E-state index is 10.6. The summed E-state index contributed by atoms with van der Waals surface area (Å²) in [5, 5.41) is 17.4. The normalized spacial score (nSPS) is 9.31. The van der Waals surface area contributed by atoms with Crippen LogP contribution in [0.5, 0.6) is 0 Å². The number of benzene rings is 1. The molecule has 1 rings (SSSR count). The van der Waals surface area contributed by atoms with Crippen LogP contribution in [0, 0.1) is 11.3 Å². The number of rotatable bonds is 1. The molecule has 0 atom stereocenters. The van der Waals surface area contributed by atoms with Crippen molar-refractivity contribution in [3.05, 3.63) is 33.3 Å². The highest BCUT2D eigenvalue weighted by Crippen LogP contribution is 2.24. The molecule has 66 valence electrons. The van der Waals surface area contributed by atoms with E-state index in [-0.39, 0.29) is 21.2 Å². The van der Waals surface area contributed by atoms with Crippen LogP contribution in [-0.2, 0) is 0 Å². The highest BCUT2D eigenvalue weighted by atomic mass is 35.5. The van der Waals surface area contributed by atoms with Gasteiger partial charge in [0.2, 0.25) is 0 Å². The Labute approximate surface area is 84.1 Å². The molecule has 0 spiro atoms. The standard InChI is InChI=1S/C8H3Cl2NO2/c9-6-2-7(10)5(8(12)13)1-4(6)3-11/h1-2H,(H,12,13). The summed E-state index contributed by atoms with van der Waals surface area (Å²) in [6.07, 6.45) is 0. The largest absolute Gasteiger partial charge is 0.478 e. The summed E-state index contributed by atoms with van der Waals surface area (Å²) >= 11 is 11.2. The third-order valence-electron chi connectivity index (χ3n) is 1.41. The second-order valence-corrected chi connectivity index (χ2v) is 3.04. The Morgan fingerprint density at radius 1 is 1.38 bits per heavy atom. The number of carbonyl (C=O) groups is 1. The van der Waals surface area contributed by atoms with Gasteiger partial charge in [0.05, 0.1) is 21.2 Å². The van der Waals surface area contributed by atoms with Crippen LogP contribution >= 0.6 is 23.2 Å². The van der Waals surface area contributed by atoms with Gasteiger partial charge in [-0.05, 0) is 12.1 Å². The van der Waals surface area contributed by atoms with Crippen molar-refractivity contribution in [1.82, 2.24) is 0 Å². The number of hydrogen-bond donors (Lipinski definition) is 1. The number of carboxylic acids is 1. The van der Waals surface area contributed by atoms with Crippen molar-refractivity contribution in [2.45, 2.75) is 0 Å². The summed E-state index contributed by atoms with van der Waals surface area (Å²) in [7, 11) is 0. The first-order valence-corrected chi connectivity index (χ1v) is 3.94. The minimum Gasteiger partial charge on any atom is -0.478 e. The molecule has 0 aliphatic heterocycles. The molecule has 1 N–H and O–H groups in total. The third-order valence-corrected chi connectivity index (χ3v) is 2.03. The molecule has 0 radical (unpaired) electrons. The summed E-state index contributed by atoms with van der Waals surface area (Å²) in [6, 6.07) is 4.15. The lowest BCUT2D eigenvalue weighted by Crippen LogP contribution is -1.98. The van der Waals surface area contributed by atoms with Gasteiger partial charge in [-0.1, -0.05) is 23.2 Å². The van der Waals surface area contributed by atoms with Crippen LogP contribution in [0.25, 0.3) is 0 Å². The molecule has 5 heteroatoms. The Hall–Kier alpha value is -1.24. The Kier molecular flexibility index (Phi) is 2.76. The van der Waals surface area contributed by atoms with Crippen molar-refractivity contribution >= 4 is 29.2 Å². The summed E-state index contributed by atoms with van der Waals surface area (Å²) in [4.78, 5) is 10.6. The zero-order chi connectivity index (χ0) is 10.0. The van der Waals surface area contributed by atoms with E-state index in [1.165, 1.54) is 6.07 Å². The van der Waals surface area contributed by atoms with E-state index in [9.17, 15) is 4.79 Å². The van der Waals surface area contributed by atoms with E-state index in [2.05, 4.69) is 0 Å². The molecule has 0 bridgehead atoms. The van der Waals surface area contributed by atoms with E-state index in [1.807, 2.05) is 0 Å². The molecule has 13 heavy (non-hydrogen) atoms. The summed E-state index contributed by atoms with van der Waals surface area (Å²) < 4.78 is 0. The van der Waals surface area contributed by atoms with Crippen LogP contribution in [0.1, 0.15) is 15.9 Å². The maximum absolute atomic E-state index is 10.6. The van der Waals surface area contributed by atoms with Crippen molar-refractivity contribution in [2.75, 3.05) is 0 Å². The molecule has 0 aliphatic carbocycles. The van der Waals surface area contributed by atoms with Gasteiger partial charge in [-0.2, -0.15) is 5.26 Å². The minimum atomic E-state index is -1.18. The first-order chi connectivity index (χ1) is 6.06. The fourth-order valence-corrected chi connectivity index (χ4v) is 1.30. The van der Waals surface area contributed by atoms with Crippen molar-refractivity contribution in [1.29, 1.82) is 5.26 Å².